The summed E-state index contributed by atoms with van der Waals surface area (Å²) >= 11 is 3.28. The predicted molar refractivity (Wildman–Crippen MR) is 103 cm³/mol. The van der Waals surface area contributed by atoms with Gasteiger partial charge in [0.05, 0.1) is 12.2 Å². The Morgan fingerprint density at radius 1 is 1.12 bits per heavy atom. The molecule has 1 heterocycles. The molecule has 6 heteroatoms. The van der Waals surface area contributed by atoms with Crippen molar-refractivity contribution in [3.63, 3.8) is 0 Å². The highest BCUT2D eigenvalue weighted by Gasteiger charge is 2.23. The molecule has 1 aliphatic heterocycles. The number of benzene rings is 2. The number of hydrogen-bond donors (Lipinski definition) is 0. The van der Waals surface area contributed by atoms with E-state index in [0.717, 1.165) is 25.4 Å². The largest absolute Gasteiger partial charge is 0.494 e. The molecule has 0 N–H and O–H groups in total. The fraction of sp³-hybridized carbons (Fsp3) is 0.350. The Kier molecular flexibility index (Phi) is 6.27. The highest BCUT2D eigenvalue weighted by molar-refractivity contribution is 9.10. The molecule has 0 unspecified atom stereocenters. The van der Waals surface area contributed by atoms with Gasteiger partial charge in [-0.15, -0.1) is 0 Å². The summed E-state index contributed by atoms with van der Waals surface area (Å²) in [5.74, 6) is 0.475. The summed E-state index contributed by atoms with van der Waals surface area (Å²) in [7, 11) is 0. The molecule has 0 radical (unpaired) electrons. The molecule has 3 rings (SSSR count). The lowest BCUT2D eigenvalue weighted by Gasteiger charge is -2.35. The average molecular weight is 421 g/mol. The molecule has 1 aliphatic rings. The number of amides is 1. The van der Waals surface area contributed by atoms with Gasteiger partial charge in [0.15, 0.2) is 0 Å². The first-order valence-corrected chi connectivity index (χ1v) is 9.54. The van der Waals surface area contributed by atoms with Gasteiger partial charge in [0.25, 0.3) is 5.91 Å². The molecule has 1 amide bonds. The normalized spacial score (nSPS) is 15.1. The van der Waals surface area contributed by atoms with Crippen LogP contribution in [-0.4, -0.2) is 48.5 Å². The monoisotopic (exact) mass is 420 g/mol. The van der Waals surface area contributed by atoms with E-state index in [1.165, 1.54) is 23.8 Å². The number of piperazine rings is 1. The van der Waals surface area contributed by atoms with Crippen LogP contribution in [0.25, 0.3) is 0 Å². The molecular weight excluding hydrogens is 399 g/mol. The minimum absolute atomic E-state index is 0.0578. The van der Waals surface area contributed by atoms with Crippen LogP contribution < -0.4 is 4.74 Å². The second kappa shape index (κ2) is 8.64. The molecule has 2 aromatic carbocycles. The van der Waals surface area contributed by atoms with Crippen molar-refractivity contribution in [3.05, 3.63) is 63.9 Å². The Bertz CT molecular complexity index is 759. The van der Waals surface area contributed by atoms with Crippen LogP contribution in [0.15, 0.2) is 46.9 Å². The SMILES string of the molecule is CCOc1ccc(CN2CCN(C(=O)c3ccc(F)cc3Br)CC2)cc1. The Hall–Kier alpha value is -1.92. The van der Waals surface area contributed by atoms with E-state index in [4.69, 9.17) is 4.74 Å². The topological polar surface area (TPSA) is 32.8 Å². The molecule has 0 atom stereocenters. The van der Waals surface area contributed by atoms with Gasteiger partial charge in [-0.25, -0.2) is 4.39 Å². The summed E-state index contributed by atoms with van der Waals surface area (Å²) in [6.45, 7) is 6.46. The summed E-state index contributed by atoms with van der Waals surface area (Å²) < 4.78 is 19.2. The maximum absolute atomic E-state index is 13.2. The third-order valence-electron chi connectivity index (χ3n) is 4.46. The van der Waals surface area contributed by atoms with Gasteiger partial charge < -0.3 is 9.64 Å². The van der Waals surface area contributed by atoms with Crippen molar-refractivity contribution in [2.45, 2.75) is 13.5 Å². The van der Waals surface area contributed by atoms with Crippen LogP contribution in [0, 0.1) is 5.82 Å². The summed E-state index contributed by atoms with van der Waals surface area (Å²) in [5.41, 5.74) is 1.74. The molecule has 0 aromatic heterocycles. The maximum Gasteiger partial charge on any atom is 0.255 e. The molecule has 4 nitrogen and oxygen atoms in total. The highest BCUT2D eigenvalue weighted by atomic mass is 79.9. The van der Waals surface area contributed by atoms with Crippen LogP contribution in [-0.2, 0) is 6.54 Å². The van der Waals surface area contributed by atoms with E-state index in [9.17, 15) is 9.18 Å². The number of nitrogens with zero attached hydrogens (tertiary/aromatic N) is 2. The molecule has 138 valence electrons. The lowest BCUT2D eigenvalue weighted by atomic mass is 10.1. The van der Waals surface area contributed by atoms with Crippen molar-refractivity contribution in [2.24, 2.45) is 0 Å². The molecule has 0 saturated carbocycles. The summed E-state index contributed by atoms with van der Waals surface area (Å²) in [5, 5.41) is 0. The molecule has 0 aliphatic carbocycles. The molecule has 1 saturated heterocycles. The first kappa shape index (κ1) is 18.9. The van der Waals surface area contributed by atoms with E-state index in [1.807, 2.05) is 24.0 Å². The van der Waals surface area contributed by atoms with E-state index in [1.54, 1.807) is 0 Å². The van der Waals surface area contributed by atoms with Crippen LogP contribution in [0.1, 0.15) is 22.8 Å². The van der Waals surface area contributed by atoms with Gasteiger partial charge in [-0.1, -0.05) is 12.1 Å². The third kappa shape index (κ3) is 4.62. The van der Waals surface area contributed by atoms with Crippen molar-refractivity contribution >= 4 is 21.8 Å². The van der Waals surface area contributed by atoms with E-state index in [-0.39, 0.29) is 11.7 Å². The van der Waals surface area contributed by atoms with Gasteiger partial charge in [-0.2, -0.15) is 0 Å². The maximum atomic E-state index is 13.2. The Morgan fingerprint density at radius 3 is 2.42 bits per heavy atom. The highest BCUT2D eigenvalue weighted by Crippen LogP contribution is 2.21. The van der Waals surface area contributed by atoms with E-state index < -0.39 is 0 Å². The van der Waals surface area contributed by atoms with Crippen molar-refractivity contribution in [1.82, 2.24) is 9.80 Å². The number of ether oxygens (including phenoxy) is 1. The number of rotatable bonds is 5. The number of halogens is 2. The number of hydrogen-bond acceptors (Lipinski definition) is 3. The Labute approximate surface area is 161 Å². The molecule has 1 fully saturated rings. The number of carbonyl (C=O) groups is 1. The third-order valence-corrected chi connectivity index (χ3v) is 5.12. The van der Waals surface area contributed by atoms with Gasteiger partial charge in [0, 0.05) is 37.2 Å². The standard InChI is InChI=1S/C20H22BrFN2O2/c1-2-26-17-6-3-15(4-7-17)14-23-9-11-24(12-10-23)20(25)18-8-5-16(22)13-19(18)21/h3-8,13H,2,9-12,14H2,1H3. The van der Waals surface area contributed by atoms with Gasteiger partial charge in [-0.05, 0) is 58.7 Å². The van der Waals surface area contributed by atoms with Crippen LogP contribution in [0.5, 0.6) is 5.75 Å². The molecule has 26 heavy (non-hydrogen) atoms. The lowest BCUT2D eigenvalue weighted by Crippen LogP contribution is -2.48. The van der Waals surface area contributed by atoms with Gasteiger partial charge >= 0.3 is 0 Å². The Balaban J connectivity index is 1.54. The fourth-order valence-corrected chi connectivity index (χ4v) is 3.58. The van der Waals surface area contributed by atoms with Gasteiger partial charge in [-0.3, -0.25) is 9.69 Å². The van der Waals surface area contributed by atoms with E-state index in [2.05, 4.69) is 33.0 Å². The van der Waals surface area contributed by atoms with Crippen LogP contribution in [0.4, 0.5) is 4.39 Å². The smallest absolute Gasteiger partial charge is 0.255 e. The summed E-state index contributed by atoms with van der Waals surface area (Å²) in [6, 6.07) is 12.3. The Morgan fingerprint density at radius 2 is 1.81 bits per heavy atom. The molecule has 0 bridgehead atoms. The van der Waals surface area contributed by atoms with Gasteiger partial charge in [0.2, 0.25) is 0 Å². The minimum Gasteiger partial charge on any atom is -0.494 e. The second-order valence-electron chi connectivity index (χ2n) is 6.27. The average Bonchev–Trinajstić information content (AvgIpc) is 2.64. The second-order valence-corrected chi connectivity index (χ2v) is 7.12. The first-order valence-electron chi connectivity index (χ1n) is 8.75. The molecule has 2 aromatic rings. The fourth-order valence-electron chi connectivity index (χ4n) is 3.06. The zero-order valence-electron chi connectivity index (χ0n) is 14.8. The quantitative estimate of drug-likeness (QED) is 0.733. The van der Waals surface area contributed by atoms with Crippen LogP contribution >= 0.6 is 15.9 Å². The lowest BCUT2D eigenvalue weighted by molar-refractivity contribution is 0.0627. The van der Waals surface area contributed by atoms with Crippen molar-refractivity contribution in [2.75, 3.05) is 32.8 Å². The van der Waals surface area contributed by atoms with Crippen LogP contribution in [0.2, 0.25) is 0 Å². The summed E-state index contributed by atoms with van der Waals surface area (Å²) in [6.07, 6.45) is 0. The van der Waals surface area contributed by atoms with Crippen molar-refractivity contribution in [3.8, 4) is 5.75 Å². The first-order chi connectivity index (χ1) is 12.6. The molecular formula is C20H22BrFN2O2. The van der Waals surface area contributed by atoms with Crippen molar-refractivity contribution < 1.29 is 13.9 Å². The predicted octanol–water partition coefficient (Wildman–Crippen LogP) is 3.94. The summed E-state index contributed by atoms with van der Waals surface area (Å²) in [4.78, 5) is 16.8. The van der Waals surface area contributed by atoms with Crippen LogP contribution in [0.3, 0.4) is 0 Å². The zero-order valence-corrected chi connectivity index (χ0v) is 16.3. The van der Waals surface area contributed by atoms with E-state index >= 15 is 0 Å². The zero-order chi connectivity index (χ0) is 18.5. The van der Waals surface area contributed by atoms with Crippen molar-refractivity contribution in [1.29, 1.82) is 0 Å². The minimum atomic E-state index is -0.353. The van der Waals surface area contributed by atoms with E-state index in [0.29, 0.717) is 29.7 Å². The number of carbonyl (C=O) groups excluding carboxylic acids is 1. The molecule has 0 spiro atoms. The van der Waals surface area contributed by atoms with Gasteiger partial charge in [0.1, 0.15) is 11.6 Å².